The van der Waals surface area contributed by atoms with Gasteiger partial charge >= 0.3 is 0 Å². The fourth-order valence-electron chi connectivity index (χ4n) is 1.22. The zero-order valence-electron chi connectivity index (χ0n) is 8.93. The fourth-order valence-corrected chi connectivity index (χ4v) is 1.30. The van der Waals surface area contributed by atoms with Crippen molar-refractivity contribution in [3.8, 4) is 0 Å². The molecule has 0 heterocycles. The minimum atomic E-state index is -0.206. The van der Waals surface area contributed by atoms with Crippen LogP contribution in [0.4, 0.5) is 4.39 Å². The third-order valence-electron chi connectivity index (χ3n) is 2.24. The molecule has 0 aliphatic carbocycles. The monoisotopic (exact) mass is 227 g/mol. The maximum Gasteiger partial charge on any atom is 0.123 e. The third kappa shape index (κ3) is 4.02. The lowest BCUT2D eigenvalue weighted by Gasteiger charge is -2.14. The summed E-state index contributed by atoms with van der Waals surface area (Å²) in [5, 5.41) is 3.29. The maximum atomic E-state index is 12.7. The molecule has 0 bridgehead atoms. The van der Waals surface area contributed by atoms with E-state index in [2.05, 4.69) is 5.32 Å². The van der Waals surface area contributed by atoms with E-state index in [1.165, 1.54) is 12.1 Å². The highest BCUT2D eigenvalue weighted by Crippen LogP contribution is 2.12. The number of benzene rings is 1. The van der Waals surface area contributed by atoms with E-state index in [0.717, 1.165) is 17.7 Å². The second kappa shape index (κ2) is 5.89. The van der Waals surface area contributed by atoms with Crippen molar-refractivity contribution < 1.29 is 4.39 Å². The summed E-state index contributed by atoms with van der Waals surface area (Å²) in [6.07, 6.45) is 0. The summed E-state index contributed by atoms with van der Waals surface area (Å²) in [5.41, 5.74) is 3.70. The summed E-state index contributed by atoms with van der Waals surface area (Å²) in [6, 6.07) is 6.70. The normalized spacial score (nSPS) is 14.0. The van der Waals surface area contributed by atoms with Gasteiger partial charge in [-0.05, 0) is 37.1 Å². The fraction of sp³-hybridized carbons (Fsp3) is 0.333. The molecule has 0 fully saturated rings. The van der Waals surface area contributed by atoms with Crippen LogP contribution in [0, 0.1) is 5.82 Å². The van der Waals surface area contributed by atoms with Gasteiger partial charge in [0.1, 0.15) is 5.82 Å². The Morgan fingerprint density at radius 1 is 1.47 bits per heavy atom. The molecular weight excluding hydrogens is 213 g/mol. The molecule has 15 heavy (non-hydrogen) atoms. The summed E-state index contributed by atoms with van der Waals surface area (Å²) < 4.78 is 12.7. The minimum Gasteiger partial charge on any atom is -0.306 e. The Hall–Kier alpha value is -0.860. The van der Waals surface area contributed by atoms with E-state index >= 15 is 0 Å². The Morgan fingerprint density at radius 2 is 2.07 bits per heavy atom. The van der Waals surface area contributed by atoms with Crippen LogP contribution in [0.15, 0.2) is 35.4 Å². The minimum absolute atomic E-state index is 0.192. The van der Waals surface area contributed by atoms with E-state index in [1.807, 2.05) is 13.8 Å². The molecule has 0 aliphatic rings. The highest BCUT2D eigenvalue weighted by atomic mass is 35.5. The Kier molecular flexibility index (Phi) is 4.79. The van der Waals surface area contributed by atoms with Crippen LogP contribution in [0.2, 0.25) is 0 Å². The highest BCUT2D eigenvalue weighted by molar-refractivity contribution is 6.25. The van der Waals surface area contributed by atoms with Crippen LogP contribution >= 0.6 is 11.6 Å². The van der Waals surface area contributed by atoms with E-state index in [9.17, 15) is 4.39 Å². The zero-order valence-corrected chi connectivity index (χ0v) is 9.68. The van der Waals surface area contributed by atoms with Crippen LogP contribution in [0.1, 0.15) is 25.5 Å². The van der Waals surface area contributed by atoms with Crippen molar-refractivity contribution in [2.24, 2.45) is 0 Å². The van der Waals surface area contributed by atoms with E-state index in [1.54, 1.807) is 17.7 Å². The molecule has 1 N–H and O–H groups in total. The maximum absolute atomic E-state index is 12.7. The van der Waals surface area contributed by atoms with Gasteiger partial charge in [0.25, 0.3) is 0 Å². The highest BCUT2D eigenvalue weighted by Gasteiger charge is 2.04. The first-order valence-corrected chi connectivity index (χ1v) is 5.32. The molecule has 0 amide bonds. The molecule has 3 heteroatoms. The van der Waals surface area contributed by atoms with E-state index < -0.39 is 0 Å². The lowest BCUT2D eigenvalue weighted by molar-refractivity contribution is 0.598. The average molecular weight is 228 g/mol. The average Bonchev–Trinajstić information content (AvgIpc) is 2.26. The molecule has 1 atom stereocenters. The smallest absolute Gasteiger partial charge is 0.123 e. The first-order valence-electron chi connectivity index (χ1n) is 4.88. The van der Waals surface area contributed by atoms with Crippen LogP contribution in [0.3, 0.4) is 0 Å². The molecular formula is C12H15ClFN. The van der Waals surface area contributed by atoms with Gasteiger partial charge in [0.15, 0.2) is 0 Å². The quantitative estimate of drug-likeness (QED) is 0.829. The molecule has 1 nitrogen and oxygen atoms in total. The molecule has 0 radical (unpaired) electrons. The molecule has 1 aromatic carbocycles. The van der Waals surface area contributed by atoms with Crippen molar-refractivity contribution >= 4 is 11.6 Å². The molecule has 0 saturated carbocycles. The van der Waals surface area contributed by atoms with E-state index in [4.69, 9.17) is 11.6 Å². The van der Waals surface area contributed by atoms with Crippen molar-refractivity contribution in [2.45, 2.75) is 19.9 Å². The third-order valence-corrected chi connectivity index (χ3v) is 2.62. The molecule has 1 aromatic rings. The molecule has 1 rings (SSSR count). The van der Waals surface area contributed by atoms with Gasteiger partial charge in [0, 0.05) is 18.1 Å². The Morgan fingerprint density at radius 3 is 2.60 bits per heavy atom. The number of halogens is 2. The van der Waals surface area contributed by atoms with Gasteiger partial charge in [-0.3, -0.25) is 0 Å². The molecule has 1 unspecified atom stereocenters. The predicted molar refractivity (Wildman–Crippen MR) is 62.4 cm³/mol. The second-order valence-corrected chi connectivity index (χ2v) is 3.83. The summed E-state index contributed by atoms with van der Waals surface area (Å²) in [4.78, 5) is 0. The van der Waals surface area contributed by atoms with E-state index in [-0.39, 0.29) is 11.9 Å². The number of rotatable bonds is 4. The summed E-state index contributed by atoms with van der Waals surface area (Å²) in [5.74, 6) is -0.206. The second-order valence-electron chi connectivity index (χ2n) is 3.61. The number of hydrogen-bond acceptors (Lipinski definition) is 1. The van der Waals surface area contributed by atoms with Crippen molar-refractivity contribution in [3.63, 3.8) is 0 Å². The van der Waals surface area contributed by atoms with Gasteiger partial charge in [-0.15, -0.1) is 0 Å². The van der Waals surface area contributed by atoms with Gasteiger partial charge in [0.2, 0.25) is 0 Å². The van der Waals surface area contributed by atoms with Gasteiger partial charge in [-0.2, -0.15) is 0 Å². The number of nitrogens with one attached hydrogen (secondary N) is 1. The van der Waals surface area contributed by atoms with Crippen LogP contribution in [0.25, 0.3) is 0 Å². The molecule has 0 aliphatic heterocycles. The molecule has 0 aromatic heterocycles. The predicted octanol–water partition coefficient (Wildman–Crippen LogP) is 3.62. The van der Waals surface area contributed by atoms with Crippen LogP contribution in [-0.2, 0) is 0 Å². The largest absolute Gasteiger partial charge is 0.306 e. The van der Waals surface area contributed by atoms with Crippen LogP contribution < -0.4 is 5.32 Å². The lowest BCUT2D eigenvalue weighted by atomic mass is 10.1. The summed E-state index contributed by atoms with van der Waals surface area (Å²) in [6.45, 7) is 4.73. The Bertz CT molecular complexity index is 332. The van der Waals surface area contributed by atoms with Gasteiger partial charge in [-0.1, -0.05) is 23.7 Å². The van der Waals surface area contributed by atoms with Crippen LogP contribution in [0.5, 0.6) is 0 Å². The Balaban J connectivity index is 2.53. The summed E-state index contributed by atoms with van der Waals surface area (Å²) >= 11 is 5.55. The zero-order chi connectivity index (χ0) is 11.3. The van der Waals surface area contributed by atoms with Gasteiger partial charge in [0.05, 0.1) is 0 Å². The first kappa shape index (κ1) is 12.2. The lowest BCUT2D eigenvalue weighted by Crippen LogP contribution is -2.20. The summed E-state index contributed by atoms with van der Waals surface area (Å²) in [7, 11) is 0. The molecule has 0 spiro atoms. The first-order chi connectivity index (χ1) is 7.13. The standard InChI is InChI=1S/C12H15ClFN/c1-9(7-13)8-15-10(2)11-3-5-12(14)6-4-11/h3-7,10,15H,8H2,1-2H3/b9-7+. The van der Waals surface area contributed by atoms with Gasteiger partial charge < -0.3 is 5.32 Å². The molecule has 82 valence electrons. The van der Waals surface area contributed by atoms with E-state index in [0.29, 0.717) is 0 Å². The topological polar surface area (TPSA) is 12.0 Å². The van der Waals surface area contributed by atoms with Crippen molar-refractivity contribution in [2.75, 3.05) is 6.54 Å². The molecule has 0 saturated heterocycles. The van der Waals surface area contributed by atoms with Crippen LogP contribution in [-0.4, -0.2) is 6.54 Å². The SMILES string of the molecule is C/C(=C\Cl)CNC(C)c1ccc(F)cc1. The van der Waals surface area contributed by atoms with Crippen molar-refractivity contribution in [1.29, 1.82) is 0 Å². The van der Waals surface area contributed by atoms with Gasteiger partial charge in [-0.25, -0.2) is 4.39 Å². The Labute approximate surface area is 95.0 Å². The van der Waals surface area contributed by atoms with Crippen molar-refractivity contribution in [1.82, 2.24) is 5.32 Å². The number of hydrogen-bond donors (Lipinski definition) is 1. The van der Waals surface area contributed by atoms with Crippen molar-refractivity contribution in [3.05, 3.63) is 46.8 Å².